The van der Waals surface area contributed by atoms with E-state index in [4.69, 9.17) is 15.0 Å². The zero-order valence-corrected chi connectivity index (χ0v) is 22.4. The van der Waals surface area contributed by atoms with Crippen molar-refractivity contribution >= 4 is 5.96 Å². The Kier molecular flexibility index (Phi) is 10.5. The minimum Gasteiger partial charge on any atom is -0.381 e. The molecule has 2 aromatic carbocycles. The van der Waals surface area contributed by atoms with E-state index in [-0.39, 0.29) is 17.5 Å². The van der Waals surface area contributed by atoms with Crippen LogP contribution >= 0.6 is 0 Å². The summed E-state index contributed by atoms with van der Waals surface area (Å²) >= 11 is 0. The maximum absolute atomic E-state index is 13.7. The number of rotatable bonds is 8. The van der Waals surface area contributed by atoms with Crippen LogP contribution in [0.2, 0.25) is 0 Å². The van der Waals surface area contributed by atoms with Crippen molar-refractivity contribution in [3.05, 3.63) is 69.8 Å². The van der Waals surface area contributed by atoms with Crippen LogP contribution in [0.25, 0.3) is 0 Å². The standard InChI is InChI=1S/C26H28F9N5O2/c1-37-39-23(38-36)40(13-15-9-19(25(30,31)32)12-20(10-15)26(33,34)35)14-17-11-18(24(27,28)29)3-4-21(17)22(41-2)16-5-7-42-8-6-16/h3-4,9-12,16,22,36-37H,5-8,13-14H2,1-2H3/b38-36?,39-23+/t22-/m1/s1. The second-order valence-electron chi connectivity index (χ2n) is 9.53. The molecule has 0 spiro atoms. The van der Waals surface area contributed by atoms with Crippen molar-refractivity contribution < 1.29 is 49.0 Å². The summed E-state index contributed by atoms with van der Waals surface area (Å²) in [5.74, 6) is -0.635. The molecule has 0 amide bonds. The third-order valence-electron chi connectivity index (χ3n) is 6.70. The number of nitrogens with one attached hydrogen (secondary N) is 2. The second kappa shape index (κ2) is 13.3. The normalized spacial score (nSPS) is 16.3. The van der Waals surface area contributed by atoms with Gasteiger partial charge in [0.15, 0.2) is 0 Å². The Hall–Kier alpha value is -3.40. The van der Waals surface area contributed by atoms with Crippen molar-refractivity contribution in [1.82, 2.24) is 10.3 Å². The molecule has 0 aromatic heterocycles. The van der Waals surface area contributed by atoms with Gasteiger partial charge in [0.2, 0.25) is 0 Å². The second-order valence-corrected chi connectivity index (χ2v) is 9.53. The average Bonchev–Trinajstić information content (AvgIpc) is 2.91. The van der Waals surface area contributed by atoms with Crippen molar-refractivity contribution in [2.75, 3.05) is 27.4 Å². The van der Waals surface area contributed by atoms with E-state index in [1.807, 2.05) is 0 Å². The molecule has 1 saturated heterocycles. The van der Waals surface area contributed by atoms with Crippen molar-refractivity contribution in [3.8, 4) is 0 Å². The molecular weight excluding hydrogens is 585 g/mol. The lowest BCUT2D eigenvalue weighted by atomic mass is 9.86. The molecule has 0 radical (unpaired) electrons. The number of hydrogen-bond acceptors (Lipinski definition) is 5. The van der Waals surface area contributed by atoms with Gasteiger partial charge in [-0.2, -0.15) is 39.5 Å². The SMILES string of the molecule is CN/N=C(\N=N)N(Cc1cc(C(F)(F)F)cc(C(F)(F)F)c1)Cc1cc(C(F)(F)F)ccc1[C@H](OC)C1CCOCC1. The number of halogens is 9. The molecule has 16 heteroatoms. The van der Waals surface area contributed by atoms with Crippen LogP contribution in [0.3, 0.4) is 0 Å². The van der Waals surface area contributed by atoms with Gasteiger partial charge < -0.3 is 19.8 Å². The molecule has 2 aromatic rings. The van der Waals surface area contributed by atoms with E-state index in [1.54, 1.807) is 0 Å². The van der Waals surface area contributed by atoms with Gasteiger partial charge in [-0.05, 0) is 65.8 Å². The first kappa shape index (κ1) is 33.1. The lowest BCUT2D eigenvalue weighted by molar-refractivity contribution is -0.143. The van der Waals surface area contributed by atoms with Crippen LogP contribution in [-0.4, -0.2) is 38.2 Å². The zero-order chi connectivity index (χ0) is 31.3. The van der Waals surface area contributed by atoms with Gasteiger partial charge in [0.05, 0.1) is 22.8 Å². The minimum atomic E-state index is -5.12. The fourth-order valence-electron chi connectivity index (χ4n) is 4.79. The molecule has 0 unspecified atom stereocenters. The third-order valence-corrected chi connectivity index (χ3v) is 6.70. The van der Waals surface area contributed by atoms with E-state index in [9.17, 15) is 39.5 Å². The molecule has 2 N–H and O–H groups in total. The summed E-state index contributed by atoms with van der Waals surface area (Å²) in [6, 6.07) is 3.90. The Bertz CT molecular complexity index is 1220. The Labute approximate surface area is 235 Å². The molecular formula is C26H28F9N5O2. The van der Waals surface area contributed by atoms with Gasteiger partial charge >= 0.3 is 18.5 Å². The van der Waals surface area contributed by atoms with Gasteiger partial charge in [-0.15, -0.1) is 10.2 Å². The lowest BCUT2D eigenvalue weighted by Crippen LogP contribution is -2.32. The van der Waals surface area contributed by atoms with Crippen LogP contribution in [0, 0.1) is 11.4 Å². The van der Waals surface area contributed by atoms with Gasteiger partial charge in [-0.3, -0.25) is 0 Å². The fourth-order valence-corrected chi connectivity index (χ4v) is 4.79. The quantitative estimate of drug-likeness (QED) is 0.107. The van der Waals surface area contributed by atoms with E-state index < -0.39 is 65.9 Å². The highest BCUT2D eigenvalue weighted by molar-refractivity contribution is 5.79. The van der Waals surface area contributed by atoms with Crippen molar-refractivity contribution in [2.24, 2.45) is 16.1 Å². The maximum atomic E-state index is 13.7. The van der Waals surface area contributed by atoms with Crippen LogP contribution in [0.4, 0.5) is 39.5 Å². The summed E-state index contributed by atoms with van der Waals surface area (Å²) in [5, 5.41) is 6.97. The molecule has 0 bridgehead atoms. The van der Waals surface area contributed by atoms with Gasteiger partial charge in [0.1, 0.15) is 0 Å². The maximum Gasteiger partial charge on any atom is 0.416 e. The molecule has 7 nitrogen and oxygen atoms in total. The number of benzene rings is 2. The highest BCUT2D eigenvalue weighted by atomic mass is 19.4. The largest absolute Gasteiger partial charge is 0.416 e. The molecule has 232 valence electrons. The van der Waals surface area contributed by atoms with Crippen molar-refractivity contribution in [2.45, 2.75) is 50.6 Å². The smallest absolute Gasteiger partial charge is 0.381 e. The van der Waals surface area contributed by atoms with Gasteiger partial charge in [0.25, 0.3) is 5.96 Å². The molecule has 0 saturated carbocycles. The van der Waals surface area contributed by atoms with Crippen LogP contribution in [0.5, 0.6) is 0 Å². The lowest BCUT2D eigenvalue weighted by Gasteiger charge is -2.32. The van der Waals surface area contributed by atoms with E-state index in [2.05, 4.69) is 15.6 Å². The Morgan fingerprint density at radius 2 is 1.50 bits per heavy atom. The highest BCUT2D eigenvalue weighted by Gasteiger charge is 2.38. The van der Waals surface area contributed by atoms with E-state index in [0.29, 0.717) is 43.8 Å². The number of nitrogens with zero attached hydrogens (tertiary/aromatic N) is 3. The Morgan fingerprint density at radius 1 is 0.929 bits per heavy atom. The number of hydrazone groups is 1. The Morgan fingerprint density at radius 3 is 1.98 bits per heavy atom. The topological polar surface area (TPSA) is 82.3 Å². The predicted molar refractivity (Wildman–Crippen MR) is 132 cm³/mol. The summed E-state index contributed by atoms with van der Waals surface area (Å²) in [4.78, 5) is 1.01. The third kappa shape index (κ3) is 8.33. The highest BCUT2D eigenvalue weighted by Crippen LogP contribution is 2.39. The van der Waals surface area contributed by atoms with Gasteiger partial charge in [0, 0.05) is 40.5 Å². The number of ether oxygens (including phenoxy) is 2. The van der Waals surface area contributed by atoms with Crippen LogP contribution in [-0.2, 0) is 41.1 Å². The summed E-state index contributed by atoms with van der Waals surface area (Å²) in [6.45, 7) is -0.413. The monoisotopic (exact) mass is 613 g/mol. The minimum absolute atomic E-state index is 0.0126. The molecule has 1 fully saturated rings. The summed E-state index contributed by atoms with van der Waals surface area (Å²) < 4.78 is 133. The molecule has 3 rings (SSSR count). The average molecular weight is 614 g/mol. The Balaban J connectivity index is 2.15. The molecule has 1 heterocycles. The first-order valence-corrected chi connectivity index (χ1v) is 12.5. The van der Waals surface area contributed by atoms with Gasteiger partial charge in [-0.25, -0.2) is 5.53 Å². The summed E-state index contributed by atoms with van der Waals surface area (Å²) in [6.07, 6.45) is -14.6. The number of methoxy groups -OCH3 is 1. The summed E-state index contributed by atoms with van der Waals surface area (Å²) in [7, 11) is 2.69. The van der Waals surface area contributed by atoms with Crippen molar-refractivity contribution in [3.63, 3.8) is 0 Å². The fraction of sp³-hybridized carbons (Fsp3) is 0.500. The number of hydrogen-bond donors (Lipinski definition) is 2. The van der Waals surface area contributed by atoms with Crippen LogP contribution in [0.1, 0.15) is 52.3 Å². The van der Waals surface area contributed by atoms with E-state index in [0.717, 1.165) is 17.0 Å². The molecule has 0 aliphatic carbocycles. The van der Waals surface area contributed by atoms with E-state index >= 15 is 0 Å². The van der Waals surface area contributed by atoms with Crippen LogP contribution < -0.4 is 5.43 Å². The molecule has 1 atom stereocenters. The van der Waals surface area contributed by atoms with Gasteiger partial charge in [-0.1, -0.05) is 6.07 Å². The first-order valence-electron chi connectivity index (χ1n) is 12.5. The number of alkyl halides is 9. The first-order chi connectivity index (χ1) is 19.6. The van der Waals surface area contributed by atoms with Crippen molar-refractivity contribution in [1.29, 1.82) is 5.53 Å². The summed E-state index contributed by atoms with van der Waals surface area (Å²) in [5.41, 5.74) is 5.54. The number of guanidine groups is 1. The zero-order valence-electron chi connectivity index (χ0n) is 22.4. The van der Waals surface area contributed by atoms with E-state index in [1.165, 1.54) is 20.2 Å². The molecule has 1 aliphatic rings. The van der Waals surface area contributed by atoms with Crippen LogP contribution in [0.15, 0.2) is 46.6 Å². The molecule has 1 aliphatic heterocycles. The molecule has 42 heavy (non-hydrogen) atoms. The predicted octanol–water partition coefficient (Wildman–Crippen LogP) is 7.38.